The SMILES string of the molecule is CCC/C=C1\OC(=O)C(OCC)=C1OCC. The second-order valence-corrected chi connectivity index (χ2v) is 3.27. The monoisotopic (exact) mass is 226 g/mol. The molecule has 0 aromatic rings. The van der Waals surface area contributed by atoms with Crippen LogP contribution >= 0.6 is 0 Å². The van der Waals surface area contributed by atoms with Crippen LogP contribution in [0.5, 0.6) is 0 Å². The summed E-state index contributed by atoms with van der Waals surface area (Å²) in [5, 5.41) is 0. The van der Waals surface area contributed by atoms with Crippen LogP contribution in [0.15, 0.2) is 23.4 Å². The molecule has 0 aromatic carbocycles. The molecule has 0 fully saturated rings. The van der Waals surface area contributed by atoms with Crippen molar-refractivity contribution in [3.63, 3.8) is 0 Å². The summed E-state index contributed by atoms with van der Waals surface area (Å²) in [5.74, 6) is 0.638. The van der Waals surface area contributed by atoms with Crippen molar-refractivity contribution in [3.05, 3.63) is 23.4 Å². The van der Waals surface area contributed by atoms with Crippen LogP contribution in [0, 0.1) is 0 Å². The number of allylic oxidation sites excluding steroid dienone is 1. The predicted molar refractivity (Wildman–Crippen MR) is 59.4 cm³/mol. The van der Waals surface area contributed by atoms with Gasteiger partial charge in [-0.25, -0.2) is 4.79 Å². The summed E-state index contributed by atoms with van der Waals surface area (Å²) in [6, 6.07) is 0. The van der Waals surface area contributed by atoms with Gasteiger partial charge in [-0.05, 0) is 26.3 Å². The number of hydrogen-bond donors (Lipinski definition) is 0. The first kappa shape index (κ1) is 12.6. The molecule has 0 spiro atoms. The van der Waals surface area contributed by atoms with Gasteiger partial charge in [0.25, 0.3) is 5.76 Å². The first-order valence-electron chi connectivity index (χ1n) is 5.67. The van der Waals surface area contributed by atoms with Crippen LogP contribution in [0.4, 0.5) is 0 Å². The van der Waals surface area contributed by atoms with Crippen LogP contribution < -0.4 is 0 Å². The van der Waals surface area contributed by atoms with Gasteiger partial charge < -0.3 is 14.2 Å². The van der Waals surface area contributed by atoms with Gasteiger partial charge in [0.15, 0.2) is 5.76 Å². The van der Waals surface area contributed by atoms with E-state index in [1.165, 1.54) is 0 Å². The minimum atomic E-state index is -0.465. The van der Waals surface area contributed by atoms with Crippen molar-refractivity contribution in [2.75, 3.05) is 13.2 Å². The standard InChI is InChI=1S/C12H18O4/c1-4-7-8-9-10(14-5-2)11(15-6-3)12(13)16-9/h8H,4-7H2,1-3H3/b9-8-. The first-order valence-corrected chi connectivity index (χ1v) is 5.67. The highest BCUT2D eigenvalue weighted by Gasteiger charge is 2.32. The average molecular weight is 226 g/mol. The van der Waals surface area contributed by atoms with Crippen molar-refractivity contribution in [2.24, 2.45) is 0 Å². The van der Waals surface area contributed by atoms with E-state index in [0.29, 0.717) is 24.7 Å². The number of esters is 1. The summed E-state index contributed by atoms with van der Waals surface area (Å²) in [4.78, 5) is 11.5. The molecule has 0 aromatic heterocycles. The van der Waals surface area contributed by atoms with Gasteiger partial charge in [0.1, 0.15) is 0 Å². The van der Waals surface area contributed by atoms with Gasteiger partial charge >= 0.3 is 5.97 Å². The van der Waals surface area contributed by atoms with Crippen LogP contribution in [0.25, 0.3) is 0 Å². The maximum absolute atomic E-state index is 11.5. The minimum absolute atomic E-state index is 0.187. The second-order valence-electron chi connectivity index (χ2n) is 3.27. The zero-order valence-corrected chi connectivity index (χ0v) is 10.0. The van der Waals surface area contributed by atoms with E-state index in [1.807, 2.05) is 19.9 Å². The Hall–Kier alpha value is -1.45. The molecule has 0 radical (unpaired) electrons. The molecule has 16 heavy (non-hydrogen) atoms. The number of unbranched alkanes of at least 4 members (excludes halogenated alkanes) is 1. The van der Waals surface area contributed by atoms with Crippen molar-refractivity contribution in [3.8, 4) is 0 Å². The van der Waals surface area contributed by atoms with Crippen LogP contribution in [0.3, 0.4) is 0 Å². The van der Waals surface area contributed by atoms with Crippen molar-refractivity contribution >= 4 is 5.97 Å². The molecule has 4 nitrogen and oxygen atoms in total. The highest BCUT2D eigenvalue weighted by atomic mass is 16.6. The quantitative estimate of drug-likeness (QED) is 0.653. The summed E-state index contributed by atoms with van der Waals surface area (Å²) >= 11 is 0. The van der Waals surface area contributed by atoms with E-state index in [2.05, 4.69) is 6.92 Å². The predicted octanol–water partition coefficient (Wildman–Crippen LogP) is 2.51. The lowest BCUT2D eigenvalue weighted by Crippen LogP contribution is -2.03. The lowest BCUT2D eigenvalue weighted by Gasteiger charge is -2.05. The summed E-state index contributed by atoms with van der Waals surface area (Å²) in [6.45, 7) is 6.63. The normalized spacial score (nSPS) is 17.9. The van der Waals surface area contributed by atoms with Crippen LogP contribution in [0.1, 0.15) is 33.6 Å². The maximum atomic E-state index is 11.5. The Bertz CT molecular complexity index is 315. The smallest absolute Gasteiger partial charge is 0.383 e. The summed E-state index contributed by atoms with van der Waals surface area (Å²) in [6.07, 6.45) is 3.69. The van der Waals surface area contributed by atoms with Gasteiger partial charge in [-0.2, -0.15) is 0 Å². The van der Waals surface area contributed by atoms with Crippen molar-refractivity contribution in [1.29, 1.82) is 0 Å². The molecule has 0 saturated heterocycles. The number of carbonyl (C=O) groups excluding carboxylic acids is 1. The molecule has 0 bridgehead atoms. The molecule has 1 aliphatic heterocycles. The van der Waals surface area contributed by atoms with Crippen LogP contribution in [-0.4, -0.2) is 19.2 Å². The molecular weight excluding hydrogens is 208 g/mol. The Morgan fingerprint density at radius 2 is 1.75 bits per heavy atom. The molecule has 90 valence electrons. The third-order valence-corrected chi connectivity index (χ3v) is 2.01. The van der Waals surface area contributed by atoms with E-state index in [1.54, 1.807) is 0 Å². The third kappa shape index (κ3) is 2.78. The summed E-state index contributed by atoms with van der Waals surface area (Å²) in [5.41, 5.74) is 0. The van der Waals surface area contributed by atoms with Crippen molar-refractivity contribution in [1.82, 2.24) is 0 Å². The van der Waals surface area contributed by atoms with Gasteiger partial charge in [-0.3, -0.25) is 0 Å². The van der Waals surface area contributed by atoms with Gasteiger partial charge in [-0.1, -0.05) is 13.3 Å². The fourth-order valence-electron chi connectivity index (χ4n) is 1.36. The number of ether oxygens (including phenoxy) is 3. The molecule has 0 atom stereocenters. The summed E-state index contributed by atoms with van der Waals surface area (Å²) in [7, 11) is 0. The summed E-state index contributed by atoms with van der Waals surface area (Å²) < 4.78 is 15.7. The molecule has 1 heterocycles. The molecule has 0 amide bonds. The van der Waals surface area contributed by atoms with Gasteiger partial charge in [0, 0.05) is 0 Å². The molecular formula is C12H18O4. The fraction of sp³-hybridized carbons (Fsp3) is 0.583. The Morgan fingerprint density at radius 3 is 2.31 bits per heavy atom. The molecule has 0 aliphatic carbocycles. The Labute approximate surface area is 95.9 Å². The van der Waals surface area contributed by atoms with E-state index >= 15 is 0 Å². The second kappa shape index (κ2) is 6.20. The lowest BCUT2D eigenvalue weighted by atomic mass is 10.2. The van der Waals surface area contributed by atoms with E-state index in [9.17, 15) is 4.79 Å². The van der Waals surface area contributed by atoms with Crippen molar-refractivity contribution in [2.45, 2.75) is 33.6 Å². The molecule has 0 unspecified atom stereocenters. The van der Waals surface area contributed by atoms with Gasteiger partial charge in [-0.15, -0.1) is 0 Å². The molecule has 1 rings (SSSR count). The highest BCUT2D eigenvalue weighted by molar-refractivity contribution is 5.91. The van der Waals surface area contributed by atoms with Crippen LogP contribution in [0.2, 0.25) is 0 Å². The number of hydrogen-bond acceptors (Lipinski definition) is 4. The zero-order valence-electron chi connectivity index (χ0n) is 10.0. The zero-order chi connectivity index (χ0) is 12.0. The van der Waals surface area contributed by atoms with Crippen molar-refractivity contribution < 1.29 is 19.0 Å². The first-order chi connectivity index (χ1) is 7.74. The third-order valence-electron chi connectivity index (χ3n) is 2.01. The van der Waals surface area contributed by atoms with E-state index in [-0.39, 0.29) is 5.76 Å². The van der Waals surface area contributed by atoms with E-state index in [0.717, 1.165) is 12.8 Å². The highest BCUT2D eigenvalue weighted by Crippen LogP contribution is 2.28. The maximum Gasteiger partial charge on any atom is 0.383 e. The number of carbonyl (C=O) groups is 1. The van der Waals surface area contributed by atoms with E-state index < -0.39 is 5.97 Å². The average Bonchev–Trinajstić information content (AvgIpc) is 2.55. The Kier molecular flexibility index (Phi) is 4.89. The fourth-order valence-corrected chi connectivity index (χ4v) is 1.36. The topological polar surface area (TPSA) is 44.8 Å². The van der Waals surface area contributed by atoms with E-state index in [4.69, 9.17) is 14.2 Å². The molecule has 1 aliphatic rings. The van der Waals surface area contributed by atoms with Gasteiger partial charge in [0.2, 0.25) is 5.76 Å². The molecule has 0 N–H and O–H groups in total. The lowest BCUT2D eigenvalue weighted by molar-refractivity contribution is -0.136. The number of rotatable bonds is 6. The minimum Gasteiger partial charge on any atom is -0.487 e. The Balaban J connectivity index is 2.92. The Morgan fingerprint density at radius 1 is 1.12 bits per heavy atom. The number of cyclic esters (lactones) is 1. The molecule has 0 saturated carbocycles. The van der Waals surface area contributed by atoms with Crippen LogP contribution in [-0.2, 0) is 19.0 Å². The molecule has 4 heteroatoms. The van der Waals surface area contributed by atoms with Gasteiger partial charge in [0.05, 0.1) is 13.2 Å². The largest absolute Gasteiger partial charge is 0.487 e.